The van der Waals surface area contributed by atoms with Crippen molar-refractivity contribution in [3.05, 3.63) is 24.0 Å². The van der Waals surface area contributed by atoms with Gasteiger partial charge in [0.25, 0.3) is 0 Å². The standard InChI is InChI=1S/C9H11NO2/c1-2-12-9-3-5-10-8(7-9)4-6-11/h3,5-7H,2,4H2,1H3. The van der Waals surface area contributed by atoms with Gasteiger partial charge < -0.3 is 9.53 Å². The molecule has 0 fully saturated rings. The number of aromatic nitrogens is 1. The molecule has 0 aliphatic carbocycles. The topological polar surface area (TPSA) is 39.2 Å². The zero-order chi connectivity index (χ0) is 8.81. The summed E-state index contributed by atoms with van der Waals surface area (Å²) in [6, 6.07) is 3.55. The molecule has 0 radical (unpaired) electrons. The highest BCUT2D eigenvalue weighted by Crippen LogP contribution is 2.10. The molecule has 1 heterocycles. The average molecular weight is 165 g/mol. The van der Waals surface area contributed by atoms with Crippen LogP contribution in [0.2, 0.25) is 0 Å². The van der Waals surface area contributed by atoms with Gasteiger partial charge in [0.2, 0.25) is 0 Å². The fourth-order valence-corrected chi connectivity index (χ4v) is 0.910. The first kappa shape index (κ1) is 8.71. The van der Waals surface area contributed by atoms with Gasteiger partial charge in [-0.3, -0.25) is 4.98 Å². The predicted octanol–water partition coefficient (Wildman–Crippen LogP) is 1.22. The smallest absolute Gasteiger partial charge is 0.125 e. The molecule has 0 saturated heterocycles. The van der Waals surface area contributed by atoms with Gasteiger partial charge in [-0.05, 0) is 13.0 Å². The van der Waals surface area contributed by atoms with Crippen molar-refractivity contribution >= 4 is 6.29 Å². The molecular formula is C9H11NO2. The van der Waals surface area contributed by atoms with Crippen molar-refractivity contribution in [2.75, 3.05) is 6.61 Å². The summed E-state index contributed by atoms with van der Waals surface area (Å²) in [4.78, 5) is 14.2. The summed E-state index contributed by atoms with van der Waals surface area (Å²) in [5.41, 5.74) is 0.746. The Morgan fingerprint density at radius 3 is 3.17 bits per heavy atom. The minimum absolute atomic E-state index is 0.348. The van der Waals surface area contributed by atoms with Crippen LogP contribution >= 0.6 is 0 Å². The Morgan fingerprint density at radius 1 is 1.67 bits per heavy atom. The number of ether oxygens (including phenoxy) is 1. The van der Waals surface area contributed by atoms with Crippen LogP contribution in [0.15, 0.2) is 18.3 Å². The average Bonchev–Trinajstić information content (AvgIpc) is 2.06. The lowest BCUT2D eigenvalue weighted by molar-refractivity contribution is -0.107. The first-order chi connectivity index (χ1) is 5.86. The maximum atomic E-state index is 10.2. The van der Waals surface area contributed by atoms with Gasteiger partial charge in [0, 0.05) is 18.7 Å². The molecule has 0 atom stereocenters. The van der Waals surface area contributed by atoms with Crippen molar-refractivity contribution in [2.45, 2.75) is 13.3 Å². The molecule has 64 valence electrons. The molecule has 1 rings (SSSR count). The molecule has 3 nitrogen and oxygen atoms in total. The van der Waals surface area contributed by atoms with Crippen molar-refractivity contribution in [3.63, 3.8) is 0 Å². The Balaban J connectivity index is 2.73. The summed E-state index contributed by atoms with van der Waals surface area (Å²) >= 11 is 0. The van der Waals surface area contributed by atoms with Gasteiger partial charge in [0.15, 0.2) is 0 Å². The normalized spacial score (nSPS) is 9.42. The maximum absolute atomic E-state index is 10.2. The Morgan fingerprint density at radius 2 is 2.50 bits per heavy atom. The maximum Gasteiger partial charge on any atom is 0.125 e. The van der Waals surface area contributed by atoms with Crippen LogP contribution in [0.4, 0.5) is 0 Å². The molecule has 3 heteroatoms. The van der Waals surface area contributed by atoms with Crippen molar-refractivity contribution < 1.29 is 9.53 Å². The molecule has 0 amide bonds. The molecule has 0 aliphatic heterocycles. The third-order valence-electron chi connectivity index (χ3n) is 1.39. The molecule has 1 aromatic rings. The molecule has 1 aromatic heterocycles. The Labute approximate surface area is 71.4 Å². The zero-order valence-electron chi connectivity index (χ0n) is 6.99. The van der Waals surface area contributed by atoms with Crippen LogP contribution in [-0.4, -0.2) is 17.9 Å². The van der Waals surface area contributed by atoms with Gasteiger partial charge in [0.1, 0.15) is 12.0 Å². The molecule has 0 N–H and O–H groups in total. The number of carbonyl (C=O) groups excluding carboxylic acids is 1. The number of carbonyl (C=O) groups is 1. The van der Waals surface area contributed by atoms with Crippen LogP contribution in [0.5, 0.6) is 5.75 Å². The quantitative estimate of drug-likeness (QED) is 0.630. The summed E-state index contributed by atoms with van der Waals surface area (Å²) in [7, 11) is 0. The van der Waals surface area contributed by atoms with Crippen LogP contribution in [0.3, 0.4) is 0 Å². The summed E-state index contributed by atoms with van der Waals surface area (Å²) in [5.74, 6) is 0.768. The van der Waals surface area contributed by atoms with E-state index in [0.717, 1.165) is 17.7 Å². The van der Waals surface area contributed by atoms with E-state index in [1.807, 2.05) is 6.92 Å². The molecular weight excluding hydrogens is 154 g/mol. The van der Waals surface area contributed by atoms with Crippen LogP contribution < -0.4 is 4.74 Å². The van der Waals surface area contributed by atoms with E-state index in [9.17, 15) is 4.79 Å². The molecule has 0 aromatic carbocycles. The van der Waals surface area contributed by atoms with Gasteiger partial charge in [-0.1, -0.05) is 0 Å². The molecule has 0 saturated carbocycles. The Hall–Kier alpha value is -1.38. The Bertz CT molecular complexity index is 260. The number of rotatable bonds is 4. The van der Waals surface area contributed by atoms with E-state index in [0.29, 0.717) is 13.0 Å². The van der Waals surface area contributed by atoms with Gasteiger partial charge >= 0.3 is 0 Å². The second-order valence-corrected chi connectivity index (χ2v) is 2.29. The van der Waals surface area contributed by atoms with Crippen LogP contribution in [0.25, 0.3) is 0 Å². The molecule has 0 aliphatic rings. The number of nitrogens with zero attached hydrogens (tertiary/aromatic N) is 1. The van der Waals surface area contributed by atoms with Gasteiger partial charge in [0.05, 0.1) is 12.3 Å². The highest BCUT2D eigenvalue weighted by atomic mass is 16.5. The molecule has 0 unspecified atom stereocenters. The van der Waals surface area contributed by atoms with E-state index in [1.165, 1.54) is 0 Å². The molecule has 0 bridgehead atoms. The predicted molar refractivity (Wildman–Crippen MR) is 45.2 cm³/mol. The number of aldehydes is 1. The summed E-state index contributed by atoms with van der Waals surface area (Å²) in [5, 5.41) is 0. The second-order valence-electron chi connectivity index (χ2n) is 2.29. The van der Waals surface area contributed by atoms with Crippen LogP contribution in [0, 0.1) is 0 Å². The fourth-order valence-electron chi connectivity index (χ4n) is 0.910. The lowest BCUT2D eigenvalue weighted by Crippen LogP contribution is -1.95. The Kier molecular flexibility index (Phi) is 3.26. The lowest BCUT2D eigenvalue weighted by Gasteiger charge is -2.02. The fraction of sp³-hybridized carbons (Fsp3) is 0.333. The first-order valence-corrected chi connectivity index (χ1v) is 3.88. The minimum Gasteiger partial charge on any atom is -0.494 e. The highest BCUT2D eigenvalue weighted by molar-refractivity contribution is 5.53. The van der Waals surface area contributed by atoms with Crippen molar-refractivity contribution in [1.82, 2.24) is 4.98 Å². The second kappa shape index (κ2) is 4.49. The first-order valence-electron chi connectivity index (χ1n) is 3.88. The third-order valence-corrected chi connectivity index (χ3v) is 1.39. The van der Waals surface area contributed by atoms with Crippen LogP contribution in [0.1, 0.15) is 12.6 Å². The van der Waals surface area contributed by atoms with Gasteiger partial charge in [-0.15, -0.1) is 0 Å². The number of hydrogen-bond acceptors (Lipinski definition) is 3. The van der Waals surface area contributed by atoms with E-state index < -0.39 is 0 Å². The van der Waals surface area contributed by atoms with Gasteiger partial charge in [-0.25, -0.2) is 0 Å². The summed E-state index contributed by atoms with van der Waals surface area (Å²) in [6.45, 7) is 2.55. The number of pyridine rings is 1. The van der Waals surface area contributed by atoms with Crippen molar-refractivity contribution in [2.24, 2.45) is 0 Å². The zero-order valence-corrected chi connectivity index (χ0v) is 6.99. The van der Waals surface area contributed by atoms with E-state index in [2.05, 4.69) is 4.98 Å². The van der Waals surface area contributed by atoms with Crippen molar-refractivity contribution in [1.29, 1.82) is 0 Å². The van der Waals surface area contributed by atoms with E-state index in [1.54, 1.807) is 18.3 Å². The van der Waals surface area contributed by atoms with Gasteiger partial charge in [-0.2, -0.15) is 0 Å². The minimum atomic E-state index is 0.348. The van der Waals surface area contributed by atoms with Crippen LogP contribution in [-0.2, 0) is 11.2 Å². The van der Waals surface area contributed by atoms with E-state index in [4.69, 9.17) is 4.74 Å². The number of hydrogen-bond donors (Lipinski definition) is 0. The summed E-state index contributed by atoms with van der Waals surface area (Å²) in [6.07, 6.45) is 2.82. The largest absolute Gasteiger partial charge is 0.494 e. The SMILES string of the molecule is CCOc1ccnc(CC=O)c1. The summed E-state index contributed by atoms with van der Waals surface area (Å²) < 4.78 is 5.24. The molecule has 0 spiro atoms. The van der Waals surface area contributed by atoms with E-state index >= 15 is 0 Å². The van der Waals surface area contributed by atoms with Crippen molar-refractivity contribution in [3.8, 4) is 5.75 Å². The monoisotopic (exact) mass is 165 g/mol. The highest BCUT2D eigenvalue weighted by Gasteiger charge is 1.95. The molecule has 12 heavy (non-hydrogen) atoms. The third kappa shape index (κ3) is 2.34. The lowest BCUT2D eigenvalue weighted by atomic mass is 10.3. The van der Waals surface area contributed by atoms with E-state index in [-0.39, 0.29) is 0 Å².